The van der Waals surface area contributed by atoms with E-state index in [1.54, 1.807) is 0 Å². The van der Waals surface area contributed by atoms with E-state index in [0.717, 1.165) is 19.3 Å². The fourth-order valence-corrected chi connectivity index (χ4v) is 1.37. The van der Waals surface area contributed by atoms with Gasteiger partial charge in [-0.3, -0.25) is 0 Å². The third kappa shape index (κ3) is 2.16. The van der Waals surface area contributed by atoms with E-state index in [4.69, 9.17) is 9.84 Å². The van der Waals surface area contributed by atoms with E-state index in [0.29, 0.717) is 0 Å². The van der Waals surface area contributed by atoms with Gasteiger partial charge in [-0.05, 0) is 19.3 Å². The van der Waals surface area contributed by atoms with Crippen molar-refractivity contribution in [1.82, 2.24) is 0 Å². The lowest BCUT2D eigenvalue weighted by molar-refractivity contribution is -0.0325. The molecule has 0 saturated carbocycles. The van der Waals surface area contributed by atoms with Crippen LogP contribution in [0, 0.1) is 0 Å². The normalized spacial score (nSPS) is 36.7. The number of thiol groups is 1. The van der Waals surface area contributed by atoms with Crippen LogP contribution in [0.3, 0.4) is 0 Å². The van der Waals surface area contributed by atoms with Gasteiger partial charge in [0.05, 0.1) is 12.7 Å². The molecule has 1 aliphatic rings. The number of hydrogen-bond acceptors (Lipinski definition) is 3. The molecule has 2 atom stereocenters. The lowest BCUT2D eigenvalue weighted by Crippen LogP contribution is -2.26. The molecule has 0 amide bonds. The summed E-state index contributed by atoms with van der Waals surface area (Å²) in [6.07, 6.45) is 3.16. The molecule has 0 aliphatic carbocycles. The summed E-state index contributed by atoms with van der Waals surface area (Å²) in [5.74, 6) is 0. The highest BCUT2D eigenvalue weighted by atomic mass is 32.1. The maximum absolute atomic E-state index is 8.65. The van der Waals surface area contributed by atoms with Gasteiger partial charge in [0.2, 0.25) is 0 Å². The highest BCUT2D eigenvalue weighted by Crippen LogP contribution is 2.20. The molecule has 1 aliphatic heterocycles. The van der Waals surface area contributed by atoms with Crippen molar-refractivity contribution in [3.05, 3.63) is 0 Å². The molecule has 0 aromatic rings. The predicted octanol–water partition coefficient (Wildman–Crippen LogP) is 0.804. The molecule has 0 bridgehead atoms. The summed E-state index contributed by atoms with van der Waals surface area (Å²) in [4.78, 5) is 0. The lowest BCUT2D eigenvalue weighted by atomic mass is 10.1. The van der Waals surface area contributed by atoms with Crippen LogP contribution in [0.25, 0.3) is 0 Å². The number of ether oxygens (including phenoxy) is 1. The number of rotatable bonds is 1. The predicted molar refractivity (Wildman–Crippen MR) is 38.6 cm³/mol. The van der Waals surface area contributed by atoms with E-state index in [1.165, 1.54) is 0 Å². The van der Waals surface area contributed by atoms with Gasteiger partial charge in [0, 0.05) is 0 Å². The molecule has 0 aromatic carbocycles. The van der Waals surface area contributed by atoms with Crippen LogP contribution in [-0.4, -0.2) is 23.3 Å². The van der Waals surface area contributed by atoms with E-state index >= 15 is 0 Å². The van der Waals surface area contributed by atoms with Crippen molar-refractivity contribution in [3.63, 3.8) is 0 Å². The Morgan fingerprint density at radius 3 is 2.78 bits per heavy atom. The van der Waals surface area contributed by atoms with Gasteiger partial charge in [-0.25, -0.2) is 0 Å². The molecule has 1 rings (SSSR count). The van der Waals surface area contributed by atoms with Crippen molar-refractivity contribution in [2.75, 3.05) is 6.61 Å². The molecule has 1 fully saturated rings. The molecule has 1 N–H and O–H groups in total. The number of aliphatic hydroxyl groups excluding tert-OH is 1. The van der Waals surface area contributed by atoms with Gasteiger partial charge in [-0.15, -0.1) is 12.6 Å². The van der Waals surface area contributed by atoms with Gasteiger partial charge in [0.25, 0.3) is 0 Å². The Labute approximate surface area is 60.6 Å². The van der Waals surface area contributed by atoms with Crippen LogP contribution in [0.5, 0.6) is 0 Å². The van der Waals surface area contributed by atoms with Crippen LogP contribution in [0.15, 0.2) is 0 Å². The average molecular weight is 148 g/mol. The smallest absolute Gasteiger partial charge is 0.100 e. The van der Waals surface area contributed by atoms with E-state index in [1.807, 2.05) is 0 Å². The first-order chi connectivity index (χ1) is 4.33. The number of hydrogen-bond donors (Lipinski definition) is 2. The summed E-state index contributed by atoms with van der Waals surface area (Å²) in [5.41, 5.74) is 0.0518. The molecule has 0 spiro atoms. The highest BCUT2D eigenvalue weighted by molar-refractivity contribution is 7.80. The molecule has 0 radical (unpaired) electrons. The van der Waals surface area contributed by atoms with Crippen molar-refractivity contribution in [2.24, 2.45) is 0 Å². The Morgan fingerprint density at radius 2 is 2.33 bits per heavy atom. The molecule has 9 heavy (non-hydrogen) atoms. The second-order valence-corrected chi connectivity index (χ2v) is 2.90. The van der Waals surface area contributed by atoms with Crippen molar-refractivity contribution in [3.8, 4) is 0 Å². The maximum Gasteiger partial charge on any atom is 0.100 e. The Kier molecular flexibility index (Phi) is 2.82. The van der Waals surface area contributed by atoms with Gasteiger partial charge in [0.1, 0.15) is 5.44 Å². The van der Waals surface area contributed by atoms with Crippen LogP contribution in [0.1, 0.15) is 19.3 Å². The second-order valence-electron chi connectivity index (χ2n) is 2.33. The van der Waals surface area contributed by atoms with Crippen molar-refractivity contribution < 1.29 is 9.84 Å². The van der Waals surface area contributed by atoms with Crippen LogP contribution in [-0.2, 0) is 4.74 Å². The van der Waals surface area contributed by atoms with E-state index in [2.05, 4.69) is 12.6 Å². The zero-order valence-corrected chi connectivity index (χ0v) is 6.18. The molecule has 2 nitrogen and oxygen atoms in total. The highest BCUT2D eigenvalue weighted by Gasteiger charge is 2.17. The monoisotopic (exact) mass is 148 g/mol. The van der Waals surface area contributed by atoms with Crippen molar-refractivity contribution in [2.45, 2.75) is 30.8 Å². The van der Waals surface area contributed by atoms with Crippen LogP contribution in [0.4, 0.5) is 0 Å². The topological polar surface area (TPSA) is 29.5 Å². The minimum Gasteiger partial charge on any atom is -0.394 e. The first-order valence-corrected chi connectivity index (χ1v) is 3.79. The fraction of sp³-hybridized carbons (Fsp3) is 1.00. The minimum atomic E-state index is 0.0428. The van der Waals surface area contributed by atoms with E-state index in [-0.39, 0.29) is 18.1 Å². The second kappa shape index (κ2) is 3.44. The van der Waals surface area contributed by atoms with Crippen LogP contribution in [0.2, 0.25) is 0 Å². The van der Waals surface area contributed by atoms with Gasteiger partial charge in [0.15, 0.2) is 0 Å². The third-order valence-electron chi connectivity index (χ3n) is 1.53. The SMILES string of the molecule is OCC1CCC[C@@H](S)O1. The largest absolute Gasteiger partial charge is 0.394 e. The molecule has 1 unspecified atom stereocenters. The molecular weight excluding hydrogens is 136 g/mol. The van der Waals surface area contributed by atoms with Crippen LogP contribution >= 0.6 is 12.6 Å². The molecule has 0 aromatic heterocycles. The molecule has 54 valence electrons. The van der Waals surface area contributed by atoms with Crippen molar-refractivity contribution >= 4 is 12.6 Å². The minimum absolute atomic E-state index is 0.0428. The summed E-state index contributed by atoms with van der Waals surface area (Å²) < 4.78 is 5.25. The first kappa shape index (κ1) is 7.38. The Hall–Kier alpha value is 0.270. The van der Waals surface area contributed by atoms with Gasteiger partial charge < -0.3 is 9.84 Å². The zero-order valence-electron chi connectivity index (χ0n) is 5.29. The lowest BCUT2D eigenvalue weighted by Gasteiger charge is -2.25. The standard InChI is InChI=1S/C6H12O2S/c7-4-5-2-1-3-6(9)8-5/h5-7,9H,1-4H2/t5?,6-/m1/s1. The van der Waals surface area contributed by atoms with Gasteiger partial charge in [-0.2, -0.15) is 0 Å². The summed E-state index contributed by atoms with van der Waals surface area (Å²) in [6.45, 7) is 0.136. The summed E-state index contributed by atoms with van der Waals surface area (Å²) in [7, 11) is 0. The van der Waals surface area contributed by atoms with Crippen LogP contribution < -0.4 is 0 Å². The number of aliphatic hydroxyl groups is 1. The first-order valence-electron chi connectivity index (χ1n) is 3.27. The quantitative estimate of drug-likeness (QED) is 0.539. The molecular formula is C6H12O2S. The van der Waals surface area contributed by atoms with Gasteiger partial charge in [-0.1, -0.05) is 0 Å². The summed E-state index contributed by atoms with van der Waals surface area (Å²) in [5, 5.41) is 8.65. The summed E-state index contributed by atoms with van der Waals surface area (Å²) >= 11 is 4.14. The zero-order chi connectivity index (χ0) is 6.69. The van der Waals surface area contributed by atoms with Gasteiger partial charge >= 0.3 is 0 Å². The Morgan fingerprint density at radius 1 is 1.56 bits per heavy atom. The van der Waals surface area contributed by atoms with E-state index in [9.17, 15) is 0 Å². The Balaban J connectivity index is 2.23. The Bertz CT molecular complexity index is 87.1. The summed E-state index contributed by atoms with van der Waals surface area (Å²) in [6, 6.07) is 0. The molecule has 1 heterocycles. The maximum atomic E-state index is 8.65. The molecule has 1 saturated heterocycles. The third-order valence-corrected chi connectivity index (χ3v) is 1.91. The fourth-order valence-electron chi connectivity index (χ4n) is 1.01. The molecule has 3 heteroatoms. The van der Waals surface area contributed by atoms with Crippen molar-refractivity contribution in [1.29, 1.82) is 0 Å². The van der Waals surface area contributed by atoms with E-state index < -0.39 is 0 Å². The average Bonchev–Trinajstić information content (AvgIpc) is 1.88.